The lowest BCUT2D eigenvalue weighted by molar-refractivity contribution is 0.179. The molecule has 3 heteroatoms. The third-order valence-electron chi connectivity index (χ3n) is 3.42. The number of nitrogens with one attached hydrogen (secondary N) is 1. The van der Waals surface area contributed by atoms with Crippen LogP contribution < -0.4 is 5.32 Å². The fraction of sp³-hybridized carbons (Fsp3) is 1.00. The fourth-order valence-corrected chi connectivity index (χ4v) is 2.59. The van der Waals surface area contributed by atoms with E-state index in [-0.39, 0.29) is 5.54 Å². The molecule has 1 fully saturated rings. The molecule has 1 N–H and O–H groups in total. The monoisotopic (exact) mass is 216 g/mol. The van der Waals surface area contributed by atoms with Gasteiger partial charge >= 0.3 is 0 Å². The highest BCUT2D eigenvalue weighted by Crippen LogP contribution is 2.23. The highest BCUT2D eigenvalue weighted by molar-refractivity contribution is 7.80. The maximum Gasteiger partial charge on any atom is 0.0395 e. The van der Waals surface area contributed by atoms with E-state index in [2.05, 4.69) is 43.7 Å². The first kappa shape index (κ1) is 12.3. The van der Waals surface area contributed by atoms with Crippen molar-refractivity contribution in [1.82, 2.24) is 10.2 Å². The minimum Gasteiger partial charge on any atom is -0.312 e. The lowest BCUT2D eigenvalue weighted by Crippen LogP contribution is -2.53. The third kappa shape index (κ3) is 2.88. The zero-order valence-electron chi connectivity index (χ0n) is 9.71. The minimum atomic E-state index is 0.240. The van der Waals surface area contributed by atoms with E-state index in [1.165, 1.54) is 25.8 Å². The summed E-state index contributed by atoms with van der Waals surface area (Å²) in [7, 11) is 2.07. The Bertz CT molecular complexity index is 167. The topological polar surface area (TPSA) is 15.3 Å². The first-order valence-corrected chi connectivity index (χ1v) is 6.30. The molecule has 0 amide bonds. The number of nitrogens with zero attached hydrogens (tertiary/aromatic N) is 1. The van der Waals surface area contributed by atoms with Gasteiger partial charge in [0.1, 0.15) is 0 Å². The number of thiol groups is 1. The van der Waals surface area contributed by atoms with Gasteiger partial charge in [-0.25, -0.2) is 0 Å². The van der Waals surface area contributed by atoms with Gasteiger partial charge in [-0.3, -0.25) is 4.90 Å². The van der Waals surface area contributed by atoms with Crippen LogP contribution in [0.25, 0.3) is 0 Å². The van der Waals surface area contributed by atoms with E-state index < -0.39 is 0 Å². The molecule has 0 saturated carbocycles. The van der Waals surface area contributed by atoms with Crippen molar-refractivity contribution < 1.29 is 0 Å². The number of rotatable bonds is 3. The van der Waals surface area contributed by atoms with Crippen molar-refractivity contribution in [2.75, 3.05) is 25.9 Å². The van der Waals surface area contributed by atoms with Gasteiger partial charge in [-0.1, -0.05) is 6.42 Å². The van der Waals surface area contributed by atoms with Crippen molar-refractivity contribution in [3.8, 4) is 0 Å². The molecule has 0 radical (unpaired) electrons. The molecule has 14 heavy (non-hydrogen) atoms. The summed E-state index contributed by atoms with van der Waals surface area (Å²) in [6.45, 7) is 6.95. The second-order valence-corrected chi connectivity index (χ2v) is 5.03. The molecule has 1 unspecified atom stereocenters. The van der Waals surface area contributed by atoms with Crippen molar-refractivity contribution in [2.45, 2.75) is 44.7 Å². The Hall–Kier alpha value is 0.270. The quantitative estimate of drug-likeness (QED) is 0.699. The average molecular weight is 216 g/mol. The van der Waals surface area contributed by atoms with Gasteiger partial charge in [-0.15, -0.1) is 0 Å². The van der Waals surface area contributed by atoms with Crippen LogP contribution in [0.5, 0.6) is 0 Å². The first-order chi connectivity index (χ1) is 6.63. The van der Waals surface area contributed by atoms with Crippen LogP contribution in [0.4, 0.5) is 0 Å². The lowest BCUT2D eigenvalue weighted by Gasteiger charge is -2.36. The molecule has 0 bridgehead atoms. The Balaban J connectivity index is 2.67. The minimum absolute atomic E-state index is 0.240. The second-order valence-electron chi connectivity index (χ2n) is 4.71. The lowest BCUT2D eigenvalue weighted by atomic mass is 9.95. The van der Waals surface area contributed by atoms with Gasteiger partial charge in [0.25, 0.3) is 0 Å². The molecule has 1 saturated heterocycles. The Labute approximate surface area is 93.8 Å². The van der Waals surface area contributed by atoms with Gasteiger partial charge in [0.2, 0.25) is 0 Å². The summed E-state index contributed by atoms with van der Waals surface area (Å²) in [4.78, 5) is 2.57. The molecular weight excluding hydrogens is 192 g/mol. The number of likely N-dealkylation sites (tertiary alicyclic amines) is 1. The highest BCUT2D eigenvalue weighted by Gasteiger charge is 2.31. The smallest absolute Gasteiger partial charge is 0.0395 e. The van der Waals surface area contributed by atoms with E-state index in [1.54, 1.807) is 0 Å². The molecule has 1 atom stereocenters. The first-order valence-electron chi connectivity index (χ1n) is 5.67. The molecule has 2 nitrogen and oxygen atoms in total. The summed E-state index contributed by atoms with van der Waals surface area (Å²) in [5.41, 5.74) is 0.240. The maximum absolute atomic E-state index is 4.50. The number of hydrogen-bond donors (Lipinski definition) is 2. The maximum atomic E-state index is 4.50. The molecule has 1 aliphatic rings. The Morgan fingerprint density at radius 3 is 2.64 bits per heavy atom. The summed E-state index contributed by atoms with van der Waals surface area (Å²) in [5, 5.41) is 3.47. The van der Waals surface area contributed by atoms with Crippen LogP contribution in [-0.2, 0) is 0 Å². The third-order valence-corrected chi connectivity index (χ3v) is 4.03. The Kier molecular flexibility index (Phi) is 4.74. The predicted molar refractivity (Wildman–Crippen MR) is 66.2 cm³/mol. The summed E-state index contributed by atoms with van der Waals surface area (Å²) in [6.07, 6.45) is 3.91. The molecule has 0 aliphatic carbocycles. The zero-order chi connectivity index (χ0) is 10.6. The predicted octanol–water partition coefficient (Wildman–Crippen LogP) is 1.77. The van der Waals surface area contributed by atoms with Crippen molar-refractivity contribution >= 4 is 12.6 Å². The van der Waals surface area contributed by atoms with Crippen LogP contribution in [-0.4, -0.2) is 42.4 Å². The van der Waals surface area contributed by atoms with Crippen LogP contribution in [0, 0.1) is 0 Å². The fourth-order valence-electron chi connectivity index (χ4n) is 2.18. The van der Waals surface area contributed by atoms with Gasteiger partial charge in [-0.2, -0.15) is 12.6 Å². The molecule has 0 aromatic carbocycles. The van der Waals surface area contributed by atoms with Crippen LogP contribution in [0.1, 0.15) is 33.1 Å². The molecule has 1 rings (SSSR count). The van der Waals surface area contributed by atoms with Crippen LogP contribution in [0.3, 0.4) is 0 Å². The van der Waals surface area contributed by atoms with Gasteiger partial charge in [0.05, 0.1) is 0 Å². The van der Waals surface area contributed by atoms with Gasteiger partial charge in [-0.05, 0) is 40.3 Å². The Morgan fingerprint density at radius 2 is 2.14 bits per heavy atom. The second kappa shape index (κ2) is 5.38. The normalized spacial score (nSPS) is 30.6. The largest absolute Gasteiger partial charge is 0.312 e. The molecule has 0 aromatic heterocycles. The van der Waals surface area contributed by atoms with E-state index in [9.17, 15) is 0 Å². The molecule has 1 heterocycles. The summed E-state index contributed by atoms with van der Waals surface area (Å²) in [6, 6.07) is 0.653. The SMILES string of the molecule is CNC1(CS)CCCCN(C(C)C)C1. The van der Waals surface area contributed by atoms with E-state index in [1.807, 2.05) is 0 Å². The van der Waals surface area contributed by atoms with E-state index in [4.69, 9.17) is 0 Å². The van der Waals surface area contributed by atoms with E-state index in [0.29, 0.717) is 6.04 Å². The van der Waals surface area contributed by atoms with Crippen LogP contribution >= 0.6 is 12.6 Å². The molecular formula is C11H24N2S. The molecule has 0 spiro atoms. The summed E-state index contributed by atoms with van der Waals surface area (Å²) < 4.78 is 0. The van der Waals surface area contributed by atoms with Crippen molar-refractivity contribution in [3.63, 3.8) is 0 Å². The number of hydrogen-bond acceptors (Lipinski definition) is 3. The van der Waals surface area contributed by atoms with Gasteiger partial charge in [0.15, 0.2) is 0 Å². The summed E-state index contributed by atoms with van der Waals surface area (Å²) in [5.74, 6) is 0.937. The van der Waals surface area contributed by atoms with Gasteiger partial charge in [0, 0.05) is 23.9 Å². The highest BCUT2D eigenvalue weighted by atomic mass is 32.1. The molecule has 1 aliphatic heterocycles. The number of likely N-dealkylation sites (N-methyl/N-ethyl adjacent to an activating group) is 1. The van der Waals surface area contributed by atoms with Crippen molar-refractivity contribution in [2.24, 2.45) is 0 Å². The zero-order valence-corrected chi connectivity index (χ0v) is 10.6. The van der Waals surface area contributed by atoms with Crippen LogP contribution in [0.15, 0.2) is 0 Å². The average Bonchev–Trinajstić information content (AvgIpc) is 2.40. The van der Waals surface area contributed by atoms with Crippen LogP contribution in [0.2, 0.25) is 0 Å². The Morgan fingerprint density at radius 1 is 1.43 bits per heavy atom. The van der Waals surface area contributed by atoms with Crippen molar-refractivity contribution in [1.29, 1.82) is 0 Å². The molecule has 84 valence electrons. The molecule has 0 aromatic rings. The van der Waals surface area contributed by atoms with Gasteiger partial charge < -0.3 is 5.32 Å². The van der Waals surface area contributed by atoms with E-state index >= 15 is 0 Å². The van der Waals surface area contributed by atoms with Crippen molar-refractivity contribution in [3.05, 3.63) is 0 Å². The summed E-state index contributed by atoms with van der Waals surface area (Å²) >= 11 is 4.50. The van der Waals surface area contributed by atoms with E-state index in [0.717, 1.165) is 12.3 Å². The standard InChI is InChI=1S/C11H24N2S/c1-10(2)13-7-5-4-6-11(8-13,9-14)12-3/h10,12,14H,4-9H2,1-3H3.